The van der Waals surface area contributed by atoms with Crippen molar-refractivity contribution in [1.29, 1.82) is 0 Å². The predicted octanol–water partition coefficient (Wildman–Crippen LogP) is 3.39. The Morgan fingerprint density at radius 3 is 2.71 bits per heavy atom. The highest BCUT2D eigenvalue weighted by Crippen LogP contribution is 2.18. The monoisotopic (exact) mass is 343 g/mol. The lowest BCUT2D eigenvalue weighted by Gasteiger charge is -2.11. The summed E-state index contributed by atoms with van der Waals surface area (Å²) >= 11 is 3.48. The standard InChI is InChI=1S/C16H14BrN3O/c1-11-6-2-3-7-12(11)16(21)13(17)10-20-15-9-5-4-8-14(15)18-19-20/h2-9,13H,10H2,1H3/t13-/m1/s1. The van der Waals surface area contributed by atoms with Gasteiger partial charge in [-0.25, -0.2) is 4.68 Å². The van der Waals surface area contributed by atoms with Crippen molar-refractivity contribution in [3.63, 3.8) is 0 Å². The number of para-hydroxylation sites is 1. The van der Waals surface area contributed by atoms with E-state index in [1.807, 2.05) is 55.5 Å². The van der Waals surface area contributed by atoms with Gasteiger partial charge in [0.15, 0.2) is 5.78 Å². The second-order valence-corrected chi connectivity index (χ2v) is 6.01. The molecular formula is C16H14BrN3O. The molecule has 1 aromatic heterocycles. The van der Waals surface area contributed by atoms with Crippen LogP contribution in [0.25, 0.3) is 11.0 Å². The van der Waals surface area contributed by atoms with E-state index in [-0.39, 0.29) is 10.6 Å². The number of benzene rings is 2. The summed E-state index contributed by atoms with van der Waals surface area (Å²) in [4.78, 5) is 12.2. The molecule has 0 unspecified atom stereocenters. The summed E-state index contributed by atoms with van der Waals surface area (Å²) in [5.74, 6) is 0.0627. The van der Waals surface area contributed by atoms with Crippen LogP contribution >= 0.6 is 15.9 Å². The number of aromatic nitrogens is 3. The Morgan fingerprint density at radius 2 is 1.90 bits per heavy atom. The maximum Gasteiger partial charge on any atom is 0.178 e. The smallest absolute Gasteiger partial charge is 0.178 e. The number of carbonyl (C=O) groups excluding carboxylic acids is 1. The molecule has 0 aliphatic rings. The van der Waals surface area contributed by atoms with Gasteiger partial charge in [0, 0.05) is 5.56 Å². The van der Waals surface area contributed by atoms with E-state index in [2.05, 4.69) is 26.2 Å². The molecule has 106 valence electrons. The van der Waals surface area contributed by atoms with Crippen molar-refractivity contribution in [3.05, 3.63) is 59.7 Å². The average Bonchev–Trinajstić information content (AvgIpc) is 2.90. The van der Waals surface area contributed by atoms with E-state index in [1.54, 1.807) is 4.68 Å². The van der Waals surface area contributed by atoms with E-state index >= 15 is 0 Å². The van der Waals surface area contributed by atoms with Crippen molar-refractivity contribution < 1.29 is 4.79 Å². The molecule has 0 bridgehead atoms. The number of ketones is 1. The van der Waals surface area contributed by atoms with Gasteiger partial charge in [-0.05, 0) is 24.6 Å². The second-order valence-electron chi connectivity index (χ2n) is 4.91. The zero-order chi connectivity index (χ0) is 14.8. The second kappa shape index (κ2) is 5.77. The summed E-state index contributed by atoms with van der Waals surface area (Å²) in [6.07, 6.45) is 0. The highest BCUT2D eigenvalue weighted by molar-refractivity contribution is 9.10. The van der Waals surface area contributed by atoms with E-state index in [4.69, 9.17) is 0 Å². The Morgan fingerprint density at radius 1 is 1.19 bits per heavy atom. The number of aryl methyl sites for hydroxylation is 1. The van der Waals surface area contributed by atoms with Crippen LogP contribution in [0.1, 0.15) is 15.9 Å². The Kier molecular flexibility index (Phi) is 3.84. The number of carbonyl (C=O) groups is 1. The van der Waals surface area contributed by atoms with Gasteiger partial charge in [0.05, 0.1) is 16.9 Å². The fourth-order valence-electron chi connectivity index (χ4n) is 2.31. The normalized spacial score (nSPS) is 12.5. The molecule has 0 aliphatic heterocycles. The molecule has 0 N–H and O–H groups in total. The average molecular weight is 344 g/mol. The first-order valence-corrected chi connectivity index (χ1v) is 7.60. The quantitative estimate of drug-likeness (QED) is 0.538. The topological polar surface area (TPSA) is 47.8 Å². The summed E-state index contributed by atoms with van der Waals surface area (Å²) in [6, 6.07) is 15.3. The van der Waals surface area contributed by atoms with Crippen molar-refractivity contribution >= 4 is 32.7 Å². The van der Waals surface area contributed by atoms with Crippen molar-refractivity contribution in [1.82, 2.24) is 15.0 Å². The zero-order valence-corrected chi connectivity index (χ0v) is 13.1. The molecule has 4 nitrogen and oxygen atoms in total. The Bertz CT molecular complexity index is 797. The zero-order valence-electron chi connectivity index (χ0n) is 11.5. The molecule has 0 spiro atoms. The lowest BCUT2D eigenvalue weighted by atomic mass is 10.0. The van der Waals surface area contributed by atoms with Gasteiger partial charge in [0.2, 0.25) is 0 Å². The van der Waals surface area contributed by atoms with Gasteiger partial charge in [-0.15, -0.1) is 5.10 Å². The van der Waals surface area contributed by atoms with Gasteiger partial charge in [0.25, 0.3) is 0 Å². The minimum absolute atomic E-state index is 0.0627. The van der Waals surface area contributed by atoms with E-state index < -0.39 is 0 Å². The molecule has 0 radical (unpaired) electrons. The first-order chi connectivity index (χ1) is 10.2. The van der Waals surface area contributed by atoms with E-state index in [9.17, 15) is 4.79 Å². The van der Waals surface area contributed by atoms with Crippen LogP contribution in [0.4, 0.5) is 0 Å². The minimum atomic E-state index is -0.330. The first kappa shape index (κ1) is 13.9. The van der Waals surface area contributed by atoms with Crippen LogP contribution in [0.2, 0.25) is 0 Å². The molecule has 3 aromatic rings. The molecule has 0 aliphatic carbocycles. The van der Waals surface area contributed by atoms with Gasteiger partial charge < -0.3 is 0 Å². The number of rotatable bonds is 4. The van der Waals surface area contributed by atoms with E-state index in [0.29, 0.717) is 6.54 Å². The molecule has 1 heterocycles. The summed E-state index contributed by atoms with van der Waals surface area (Å²) < 4.78 is 1.75. The van der Waals surface area contributed by atoms with Crippen molar-refractivity contribution in [2.75, 3.05) is 0 Å². The summed E-state index contributed by atoms with van der Waals surface area (Å²) in [5, 5.41) is 8.22. The first-order valence-electron chi connectivity index (χ1n) is 6.69. The fourth-order valence-corrected chi connectivity index (χ4v) is 2.83. The third kappa shape index (κ3) is 2.74. The number of hydrogen-bond acceptors (Lipinski definition) is 3. The number of fused-ring (bicyclic) bond motifs is 1. The SMILES string of the molecule is Cc1ccccc1C(=O)[C@H](Br)Cn1nnc2ccccc21. The fraction of sp³-hybridized carbons (Fsp3) is 0.188. The van der Waals surface area contributed by atoms with E-state index in [1.165, 1.54) is 0 Å². The molecule has 2 aromatic carbocycles. The van der Waals surface area contributed by atoms with Crippen LogP contribution < -0.4 is 0 Å². The molecular weight excluding hydrogens is 330 g/mol. The Balaban J connectivity index is 1.85. The van der Waals surface area contributed by atoms with Gasteiger partial charge in [-0.1, -0.05) is 57.5 Å². The van der Waals surface area contributed by atoms with Crippen LogP contribution in [0.15, 0.2) is 48.5 Å². The molecule has 0 saturated heterocycles. The number of halogens is 1. The van der Waals surface area contributed by atoms with E-state index in [0.717, 1.165) is 22.2 Å². The molecule has 3 rings (SSSR count). The number of alkyl halides is 1. The minimum Gasteiger partial charge on any atom is -0.293 e. The van der Waals surface area contributed by atoms with Crippen LogP contribution in [-0.4, -0.2) is 25.6 Å². The van der Waals surface area contributed by atoms with Gasteiger partial charge in [0.1, 0.15) is 5.52 Å². The lowest BCUT2D eigenvalue weighted by Crippen LogP contribution is -2.22. The maximum absolute atomic E-state index is 12.5. The van der Waals surface area contributed by atoms with Crippen LogP contribution in [0, 0.1) is 6.92 Å². The Labute approximate surface area is 130 Å². The molecule has 5 heteroatoms. The van der Waals surface area contributed by atoms with Crippen molar-refractivity contribution in [2.45, 2.75) is 18.3 Å². The van der Waals surface area contributed by atoms with Gasteiger partial charge in [-0.3, -0.25) is 4.79 Å². The molecule has 1 atom stereocenters. The largest absolute Gasteiger partial charge is 0.293 e. The van der Waals surface area contributed by atoms with Gasteiger partial charge in [-0.2, -0.15) is 0 Å². The molecule has 0 fully saturated rings. The molecule has 0 saturated carbocycles. The number of Topliss-reactive ketones (excluding diaryl/α,β-unsaturated/α-hetero) is 1. The highest BCUT2D eigenvalue weighted by Gasteiger charge is 2.20. The summed E-state index contributed by atoms with van der Waals surface area (Å²) in [7, 11) is 0. The van der Waals surface area contributed by atoms with Crippen molar-refractivity contribution in [3.8, 4) is 0 Å². The number of hydrogen-bond donors (Lipinski definition) is 0. The van der Waals surface area contributed by atoms with Crippen LogP contribution in [0.3, 0.4) is 0 Å². The summed E-state index contributed by atoms with van der Waals surface area (Å²) in [6.45, 7) is 2.39. The third-order valence-corrected chi connectivity index (χ3v) is 4.15. The van der Waals surface area contributed by atoms with Crippen LogP contribution in [-0.2, 0) is 6.54 Å². The third-order valence-electron chi connectivity index (χ3n) is 3.45. The molecule has 21 heavy (non-hydrogen) atoms. The summed E-state index contributed by atoms with van der Waals surface area (Å²) in [5.41, 5.74) is 3.49. The van der Waals surface area contributed by atoms with Crippen LogP contribution in [0.5, 0.6) is 0 Å². The lowest BCUT2D eigenvalue weighted by molar-refractivity contribution is 0.0984. The Hall–Kier alpha value is -2.01. The van der Waals surface area contributed by atoms with Gasteiger partial charge >= 0.3 is 0 Å². The number of nitrogens with zero attached hydrogens (tertiary/aromatic N) is 3. The molecule has 0 amide bonds. The predicted molar refractivity (Wildman–Crippen MR) is 85.8 cm³/mol. The highest BCUT2D eigenvalue weighted by atomic mass is 79.9. The maximum atomic E-state index is 12.5. The van der Waals surface area contributed by atoms with Crippen molar-refractivity contribution in [2.24, 2.45) is 0 Å².